The minimum atomic E-state index is 0.229. The van der Waals surface area contributed by atoms with E-state index < -0.39 is 0 Å². The highest BCUT2D eigenvalue weighted by molar-refractivity contribution is 5.47. The first-order valence-corrected chi connectivity index (χ1v) is 7.48. The molecule has 0 fully saturated rings. The SMILES string of the molecule is Cc1cc(C)c(C)c(C(C)(C)CCNC(C)C)c1C. The summed E-state index contributed by atoms with van der Waals surface area (Å²) in [7, 11) is 0. The van der Waals surface area contributed by atoms with Crippen LogP contribution in [0.15, 0.2) is 6.07 Å². The zero-order valence-electron chi connectivity index (χ0n) is 14.1. The second-order valence-corrected chi connectivity index (χ2v) is 6.88. The second kappa shape index (κ2) is 6.09. The lowest BCUT2D eigenvalue weighted by atomic mass is 9.75. The average Bonchev–Trinajstić information content (AvgIpc) is 2.25. The van der Waals surface area contributed by atoms with Crippen LogP contribution < -0.4 is 5.32 Å². The zero-order valence-corrected chi connectivity index (χ0v) is 14.1. The van der Waals surface area contributed by atoms with E-state index in [0.717, 1.165) is 6.54 Å². The molecule has 1 aromatic rings. The number of hydrogen-bond donors (Lipinski definition) is 1. The number of hydrogen-bond acceptors (Lipinski definition) is 1. The molecule has 0 aliphatic heterocycles. The van der Waals surface area contributed by atoms with Gasteiger partial charge in [0.25, 0.3) is 0 Å². The van der Waals surface area contributed by atoms with Crippen LogP contribution in [0.25, 0.3) is 0 Å². The maximum atomic E-state index is 3.54. The molecule has 0 amide bonds. The first kappa shape index (κ1) is 16.2. The van der Waals surface area contributed by atoms with Crippen molar-refractivity contribution < 1.29 is 0 Å². The Labute approximate surface area is 119 Å². The van der Waals surface area contributed by atoms with Crippen LogP contribution in [0, 0.1) is 27.7 Å². The summed E-state index contributed by atoms with van der Waals surface area (Å²) in [6, 6.07) is 2.88. The number of benzene rings is 1. The summed E-state index contributed by atoms with van der Waals surface area (Å²) in [5.41, 5.74) is 7.56. The Morgan fingerprint density at radius 1 is 1.00 bits per heavy atom. The highest BCUT2D eigenvalue weighted by Crippen LogP contribution is 2.35. The molecule has 108 valence electrons. The van der Waals surface area contributed by atoms with E-state index >= 15 is 0 Å². The molecule has 0 spiro atoms. The van der Waals surface area contributed by atoms with Gasteiger partial charge < -0.3 is 5.32 Å². The van der Waals surface area contributed by atoms with Crippen LogP contribution in [0.1, 0.15) is 61.9 Å². The summed E-state index contributed by atoms with van der Waals surface area (Å²) in [6.45, 7) is 19.3. The molecule has 1 aromatic carbocycles. The van der Waals surface area contributed by atoms with Crippen molar-refractivity contribution in [3.63, 3.8) is 0 Å². The van der Waals surface area contributed by atoms with Gasteiger partial charge in [-0.1, -0.05) is 33.8 Å². The molecular weight excluding hydrogens is 230 g/mol. The average molecular weight is 261 g/mol. The van der Waals surface area contributed by atoms with E-state index in [1.54, 1.807) is 5.56 Å². The van der Waals surface area contributed by atoms with Crippen molar-refractivity contribution in [3.8, 4) is 0 Å². The minimum Gasteiger partial charge on any atom is -0.315 e. The van der Waals surface area contributed by atoms with E-state index in [9.17, 15) is 0 Å². The fourth-order valence-electron chi connectivity index (χ4n) is 3.03. The summed E-state index contributed by atoms with van der Waals surface area (Å²) in [6.07, 6.45) is 1.18. The molecule has 1 N–H and O–H groups in total. The second-order valence-electron chi connectivity index (χ2n) is 6.88. The van der Waals surface area contributed by atoms with E-state index in [2.05, 4.69) is 66.8 Å². The summed E-state index contributed by atoms with van der Waals surface area (Å²) >= 11 is 0. The monoisotopic (exact) mass is 261 g/mol. The molecule has 1 heteroatoms. The maximum absolute atomic E-state index is 3.54. The van der Waals surface area contributed by atoms with Gasteiger partial charge in [0, 0.05) is 6.04 Å². The Kier molecular flexibility index (Phi) is 5.20. The summed E-state index contributed by atoms with van der Waals surface area (Å²) in [5, 5.41) is 3.54. The van der Waals surface area contributed by atoms with Crippen molar-refractivity contribution in [2.24, 2.45) is 0 Å². The van der Waals surface area contributed by atoms with E-state index in [4.69, 9.17) is 0 Å². The van der Waals surface area contributed by atoms with E-state index in [-0.39, 0.29) is 5.41 Å². The normalized spacial score (nSPS) is 12.3. The van der Waals surface area contributed by atoms with Crippen LogP contribution in [-0.2, 0) is 5.41 Å². The molecule has 0 saturated carbocycles. The van der Waals surface area contributed by atoms with E-state index in [1.807, 2.05) is 0 Å². The molecule has 1 nitrogen and oxygen atoms in total. The van der Waals surface area contributed by atoms with Crippen molar-refractivity contribution in [1.29, 1.82) is 0 Å². The lowest BCUT2D eigenvalue weighted by Crippen LogP contribution is -2.30. The van der Waals surface area contributed by atoms with Crippen LogP contribution in [-0.4, -0.2) is 12.6 Å². The molecule has 0 unspecified atom stereocenters. The smallest absolute Gasteiger partial charge is 0.00103 e. The molecule has 1 rings (SSSR count). The fraction of sp³-hybridized carbons (Fsp3) is 0.667. The molecule has 0 aliphatic carbocycles. The van der Waals surface area contributed by atoms with Crippen molar-refractivity contribution in [1.82, 2.24) is 5.32 Å². The highest BCUT2D eigenvalue weighted by atomic mass is 14.9. The molecule has 0 saturated heterocycles. The standard InChI is InChI=1S/C18H31N/c1-12(2)19-10-9-18(7,8)17-15(5)13(3)11-14(4)16(17)6/h11-12,19H,9-10H2,1-8H3. The van der Waals surface area contributed by atoms with Crippen LogP contribution in [0.3, 0.4) is 0 Å². The van der Waals surface area contributed by atoms with E-state index in [0.29, 0.717) is 6.04 Å². The predicted octanol–water partition coefficient (Wildman–Crippen LogP) is 4.59. The predicted molar refractivity (Wildman–Crippen MR) is 86.2 cm³/mol. The number of rotatable bonds is 5. The van der Waals surface area contributed by atoms with Gasteiger partial charge in [0.2, 0.25) is 0 Å². The van der Waals surface area contributed by atoms with Crippen molar-refractivity contribution in [2.75, 3.05) is 6.54 Å². The Hall–Kier alpha value is -0.820. The molecule has 0 aromatic heterocycles. The van der Waals surface area contributed by atoms with Crippen LogP contribution in [0.5, 0.6) is 0 Å². The van der Waals surface area contributed by atoms with Gasteiger partial charge in [-0.2, -0.15) is 0 Å². The van der Waals surface area contributed by atoms with Gasteiger partial charge in [0.05, 0.1) is 0 Å². The third kappa shape index (κ3) is 3.82. The molecular formula is C18H31N. The molecule has 0 atom stereocenters. The van der Waals surface area contributed by atoms with Crippen LogP contribution >= 0.6 is 0 Å². The number of aryl methyl sites for hydroxylation is 2. The lowest BCUT2D eigenvalue weighted by molar-refractivity contribution is 0.437. The van der Waals surface area contributed by atoms with E-state index in [1.165, 1.54) is 28.7 Å². The van der Waals surface area contributed by atoms with Gasteiger partial charge in [-0.15, -0.1) is 0 Å². The minimum absolute atomic E-state index is 0.229. The number of nitrogens with one attached hydrogen (secondary N) is 1. The Bertz CT molecular complexity index is 415. The van der Waals surface area contributed by atoms with Crippen LogP contribution in [0.2, 0.25) is 0 Å². The highest BCUT2D eigenvalue weighted by Gasteiger charge is 2.25. The van der Waals surface area contributed by atoms with Crippen LogP contribution in [0.4, 0.5) is 0 Å². The molecule has 0 bridgehead atoms. The quantitative estimate of drug-likeness (QED) is 0.817. The molecule has 0 radical (unpaired) electrons. The maximum Gasteiger partial charge on any atom is 0.00103 e. The summed E-state index contributed by atoms with van der Waals surface area (Å²) in [4.78, 5) is 0. The largest absolute Gasteiger partial charge is 0.315 e. The molecule has 0 heterocycles. The summed E-state index contributed by atoms with van der Waals surface area (Å²) < 4.78 is 0. The Morgan fingerprint density at radius 2 is 1.47 bits per heavy atom. The van der Waals surface area contributed by atoms with Crippen molar-refractivity contribution in [3.05, 3.63) is 33.9 Å². The topological polar surface area (TPSA) is 12.0 Å². The first-order chi connectivity index (χ1) is 8.66. The lowest BCUT2D eigenvalue weighted by Gasteiger charge is -2.31. The fourth-order valence-corrected chi connectivity index (χ4v) is 3.03. The van der Waals surface area contributed by atoms with Gasteiger partial charge in [-0.05, 0) is 73.9 Å². The van der Waals surface area contributed by atoms with Gasteiger partial charge >= 0.3 is 0 Å². The van der Waals surface area contributed by atoms with Crippen molar-refractivity contribution in [2.45, 2.75) is 73.3 Å². The first-order valence-electron chi connectivity index (χ1n) is 7.48. The molecule has 19 heavy (non-hydrogen) atoms. The van der Waals surface area contributed by atoms with Gasteiger partial charge in [-0.25, -0.2) is 0 Å². The molecule has 0 aliphatic rings. The van der Waals surface area contributed by atoms with Gasteiger partial charge in [-0.3, -0.25) is 0 Å². The third-order valence-electron chi connectivity index (χ3n) is 4.35. The third-order valence-corrected chi connectivity index (χ3v) is 4.35. The Balaban J connectivity index is 3.06. The van der Waals surface area contributed by atoms with Gasteiger partial charge in [0.1, 0.15) is 0 Å². The zero-order chi connectivity index (χ0) is 14.8. The summed E-state index contributed by atoms with van der Waals surface area (Å²) in [5.74, 6) is 0. The van der Waals surface area contributed by atoms with Crippen molar-refractivity contribution >= 4 is 0 Å². The Morgan fingerprint density at radius 3 is 1.89 bits per heavy atom. The van der Waals surface area contributed by atoms with Gasteiger partial charge in [0.15, 0.2) is 0 Å².